The van der Waals surface area contributed by atoms with Gasteiger partial charge in [-0.3, -0.25) is 4.98 Å². The summed E-state index contributed by atoms with van der Waals surface area (Å²) in [7, 11) is 1.04. The molecule has 0 bridgehead atoms. The number of halogens is 4. The number of pyridine rings is 1. The summed E-state index contributed by atoms with van der Waals surface area (Å²) >= 11 is 4.25. The first-order valence-electron chi connectivity index (χ1n) is 5.82. The molecule has 8 heteroatoms. The van der Waals surface area contributed by atoms with Crippen LogP contribution in [0, 0.1) is 7.43 Å². The van der Waals surface area contributed by atoms with Gasteiger partial charge in [0.15, 0.2) is 5.69 Å². The zero-order valence-corrected chi connectivity index (χ0v) is 17.4. The van der Waals surface area contributed by atoms with Crippen molar-refractivity contribution in [1.29, 1.82) is 0 Å². The van der Waals surface area contributed by atoms with E-state index < -0.39 is 23.4 Å². The summed E-state index contributed by atoms with van der Waals surface area (Å²) in [5, 5.41) is 0. The molecule has 1 rings (SSSR count). The fraction of sp³-hybridized carbons (Fsp3) is 0.500. The van der Waals surface area contributed by atoms with Gasteiger partial charge in [0.2, 0.25) is 0 Å². The van der Waals surface area contributed by atoms with Crippen LogP contribution in [0.5, 0.6) is 0 Å². The van der Waals surface area contributed by atoms with E-state index in [1.54, 1.807) is 6.92 Å². The van der Waals surface area contributed by atoms with Crippen molar-refractivity contribution in [3.05, 3.63) is 36.5 Å². The van der Waals surface area contributed by atoms with E-state index in [9.17, 15) is 18.0 Å². The maximum atomic E-state index is 12.6. The molecule has 0 aromatic carbocycles. The molecule has 0 saturated heterocycles. The van der Waals surface area contributed by atoms with Gasteiger partial charge < -0.3 is 12.2 Å². The van der Waals surface area contributed by atoms with Crippen molar-refractivity contribution >= 4 is 19.6 Å². The fourth-order valence-corrected chi connectivity index (χ4v) is 1.34. The Balaban J connectivity index is -0.000000249. The van der Waals surface area contributed by atoms with Crippen LogP contribution < -0.4 is 0 Å². The minimum atomic E-state index is -4.66. The van der Waals surface area contributed by atoms with Crippen LogP contribution in [0.15, 0.2) is 12.3 Å². The molecule has 0 aliphatic rings. The Bertz CT molecular complexity index is 416. The summed E-state index contributed by atoms with van der Waals surface area (Å²) in [5.74, 6) is -1.02. The van der Waals surface area contributed by atoms with Crippen LogP contribution in [0.25, 0.3) is 0 Å². The summed E-state index contributed by atoms with van der Waals surface area (Å²) in [5.41, 5.74) is -1.42. The molecule has 0 unspecified atom stereocenters. The van der Waals surface area contributed by atoms with E-state index in [1.165, 1.54) is 22.4 Å². The average molecular weight is 440 g/mol. The van der Waals surface area contributed by atoms with E-state index in [0.717, 1.165) is 13.3 Å². The number of hydrogen-bond donors (Lipinski definition) is 0. The van der Waals surface area contributed by atoms with E-state index >= 15 is 0 Å². The monoisotopic (exact) mass is 437 g/mol. The van der Waals surface area contributed by atoms with Gasteiger partial charge in [0.05, 0.1) is 12.7 Å². The molecule has 3 nitrogen and oxygen atoms in total. The molecule has 126 valence electrons. The van der Waals surface area contributed by atoms with Gasteiger partial charge in [-0.1, -0.05) is 28.2 Å². The quantitative estimate of drug-likeness (QED) is 0.352. The number of rotatable bonds is 2. The van der Waals surface area contributed by atoms with Gasteiger partial charge in [-0.2, -0.15) is 13.2 Å². The van der Waals surface area contributed by atoms with Crippen LogP contribution >= 0.6 is 13.6 Å². The Kier molecular flexibility index (Phi) is 20.7. The molecule has 0 saturated carbocycles. The third kappa shape index (κ3) is 8.84. The number of esters is 1. The molecule has 0 spiro atoms. The molecule has 0 aliphatic heterocycles. The van der Waals surface area contributed by atoms with Crippen molar-refractivity contribution in [3.8, 4) is 0 Å². The van der Waals surface area contributed by atoms with E-state index in [4.69, 9.17) is 0 Å². The van der Waals surface area contributed by atoms with E-state index in [-0.39, 0.29) is 20.4 Å². The van der Waals surface area contributed by atoms with Gasteiger partial charge in [0.1, 0.15) is 0 Å². The molecule has 0 fully saturated rings. The molecule has 0 N–H and O–H groups in total. The SMILES string of the molecule is C.CC.CCc1ccnc(C(F)(F)F)c1C(=O)OC.[CH3-].[Zn+][Br]. The number of aryl methyl sites for hydroxylation is 1. The van der Waals surface area contributed by atoms with E-state index in [2.05, 4.69) is 23.3 Å². The second kappa shape index (κ2) is 15.4. The van der Waals surface area contributed by atoms with Crippen LogP contribution in [0.2, 0.25) is 0 Å². The van der Waals surface area contributed by atoms with Crippen molar-refractivity contribution < 1.29 is 39.0 Å². The molecule has 0 aliphatic carbocycles. The van der Waals surface area contributed by atoms with E-state index in [1.807, 2.05) is 13.8 Å². The predicted octanol–water partition coefficient (Wildman–Crippen LogP) is 5.41. The zero-order chi connectivity index (χ0) is 16.3. The number of methoxy groups -OCH3 is 1. The van der Waals surface area contributed by atoms with Crippen molar-refractivity contribution in [2.45, 2.75) is 40.8 Å². The number of carbonyl (C=O) groups is 1. The number of aromatic nitrogens is 1. The first-order valence-corrected chi connectivity index (χ1v) is 12.8. The number of hydrogen-bond acceptors (Lipinski definition) is 3. The fourth-order valence-electron chi connectivity index (χ4n) is 1.34. The van der Waals surface area contributed by atoms with Crippen molar-refractivity contribution in [3.63, 3.8) is 0 Å². The summed E-state index contributed by atoms with van der Waals surface area (Å²) in [4.78, 5) is 14.5. The average Bonchev–Trinajstić information content (AvgIpc) is 2.48. The van der Waals surface area contributed by atoms with Crippen molar-refractivity contribution in [1.82, 2.24) is 4.98 Å². The molecule has 0 radical (unpaired) electrons. The summed E-state index contributed by atoms with van der Waals surface area (Å²) < 4.78 is 42.1. The number of carbonyl (C=O) groups excluding carboxylic acids is 1. The van der Waals surface area contributed by atoms with Gasteiger partial charge in [-0.15, -0.1) is 0 Å². The first kappa shape index (κ1) is 29.5. The third-order valence-electron chi connectivity index (χ3n) is 2.08. The molecule has 1 aromatic heterocycles. The van der Waals surface area contributed by atoms with E-state index in [0.29, 0.717) is 6.42 Å². The van der Waals surface area contributed by atoms with Crippen LogP contribution in [0.3, 0.4) is 0 Å². The van der Waals surface area contributed by atoms with Gasteiger partial charge in [-0.25, -0.2) is 4.79 Å². The Morgan fingerprint density at radius 2 is 1.82 bits per heavy atom. The zero-order valence-electron chi connectivity index (χ0n) is 12.8. The van der Waals surface area contributed by atoms with Crippen LogP contribution in [-0.2, 0) is 33.7 Å². The molecule has 0 atom stereocenters. The second-order valence-corrected chi connectivity index (χ2v) is 3.04. The Hall–Kier alpha value is -0.487. The van der Waals surface area contributed by atoms with Crippen molar-refractivity contribution in [2.24, 2.45) is 0 Å². The van der Waals surface area contributed by atoms with Gasteiger partial charge in [0.25, 0.3) is 0 Å². The normalized spacial score (nSPS) is 8.82. The molecule has 1 heterocycles. The first-order chi connectivity index (χ1) is 9.41. The number of ether oxygens (including phenoxy) is 1. The van der Waals surface area contributed by atoms with Gasteiger partial charge in [0, 0.05) is 6.20 Å². The predicted molar refractivity (Wildman–Crippen MR) is 83.4 cm³/mol. The Morgan fingerprint density at radius 1 is 1.36 bits per heavy atom. The van der Waals surface area contributed by atoms with Gasteiger partial charge >= 0.3 is 42.1 Å². The van der Waals surface area contributed by atoms with Crippen LogP contribution in [0.4, 0.5) is 13.2 Å². The topological polar surface area (TPSA) is 39.2 Å². The summed E-state index contributed by atoms with van der Waals surface area (Å²) in [6.45, 7) is 5.65. The molecule has 22 heavy (non-hydrogen) atoms. The minimum absolute atomic E-state index is 0. The number of nitrogens with zero attached hydrogens (tertiary/aromatic N) is 1. The van der Waals surface area contributed by atoms with Gasteiger partial charge in [-0.05, 0) is 18.1 Å². The second-order valence-electron chi connectivity index (χ2n) is 3.04. The summed E-state index contributed by atoms with van der Waals surface area (Å²) in [6.07, 6.45) is -3.32. The van der Waals surface area contributed by atoms with Crippen molar-refractivity contribution in [2.75, 3.05) is 7.11 Å². The maximum absolute atomic E-state index is 12.6. The molecule has 0 amide bonds. The standard InChI is InChI=1S/C10H10F3NO2.C2H6.CH4.CH3.BrH.Zn/c1-3-6-4-5-14-8(10(11,12)13)7(6)9(15)16-2;1-2;;;;/h4-5H,3H2,1-2H3;1-2H3;1H4;1H3;1H;/q;;;-1;;+2/p-1. The number of alkyl halides is 3. The van der Waals surface area contributed by atoms with Crippen LogP contribution in [0.1, 0.15) is 49.8 Å². The molecule has 1 aromatic rings. The molecular formula is C14H23BrF3NO2Zn. The third-order valence-corrected chi connectivity index (χ3v) is 2.08. The molecular weight excluding hydrogens is 416 g/mol. The Morgan fingerprint density at radius 3 is 2.14 bits per heavy atom. The summed E-state index contributed by atoms with van der Waals surface area (Å²) in [6, 6.07) is 1.38. The Labute approximate surface area is 148 Å². The van der Waals surface area contributed by atoms with Crippen LogP contribution in [-0.4, -0.2) is 18.1 Å².